The first-order valence-electron chi connectivity index (χ1n) is 6.84. The van der Waals surface area contributed by atoms with E-state index in [1.807, 2.05) is 0 Å². The number of carbonyl (C=O) groups excluding carboxylic acids is 2. The Kier molecular flexibility index (Phi) is 3.73. The predicted molar refractivity (Wildman–Crippen MR) is 75.4 cm³/mol. The molecule has 1 aromatic heterocycles. The fourth-order valence-electron chi connectivity index (χ4n) is 2.43. The molecule has 0 saturated heterocycles. The van der Waals surface area contributed by atoms with Crippen molar-refractivity contribution in [3.63, 3.8) is 0 Å². The van der Waals surface area contributed by atoms with Gasteiger partial charge in [0.15, 0.2) is 0 Å². The van der Waals surface area contributed by atoms with Crippen LogP contribution in [0.4, 0.5) is 8.78 Å². The van der Waals surface area contributed by atoms with Crippen LogP contribution in [0.5, 0.6) is 0 Å². The van der Waals surface area contributed by atoms with Gasteiger partial charge in [0, 0.05) is 12.7 Å². The van der Waals surface area contributed by atoms with Crippen LogP contribution in [0.2, 0.25) is 0 Å². The number of aromatic nitrogens is 2. The second-order valence-corrected chi connectivity index (χ2v) is 5.13. The highest BCUT2D eigenvalue weighted by Crippen LogP contribution is 2.20. The van der Waals surface area contributed by atoms with Gasteiger partial charge in [-0.3, -0.25) is 9.59 Å². The van der Waals surface area contributed by atoms with Crippen molar-refractivity contribution in [3.05, 3.63) is 58.7 Å². The van der Waals surface area contributed by atoms with Gasteiger partial charge in [0.25, 0.3) is 11.8 Å². The standard InChI is InChI=1S/C15H12F2N4O2/c16-9-1-2-11(17)10(5-9)15(23)21-4-3-8-6-19-14(13(18)22)20-12(8)7-21/h1-2,5-6H,3-4,7H2,(H2,18,22). The topological polar surface area (TPSA) is 89.2 Å². The largest absolute Gasteiger partial charge is 0.363 e. The van der Waals surface area contributed by atoms with Crippen LogP contribution >= 0.6 is 0 Å². The second kappa shape index (κ2) is 5.71. The predicted octanol–water partition coefficient (Wildman–Crippen LogP) is 1.05. The number of fused-ring (bicyclic) bond motifs is 1. The fraction of sp³-hybridized carbons (Fsp3) is 0.200. The molecule has 0 saturated carbocycles. The highest BCUT2D eigenvalue weighted by atomic mass is 19.1. The molecule has 23 heavy (non-hydrogen) atoms. The average molecular weight is 318 g/mol. The van der Waals surface area contributed by atoms with Gasteiger partial charge in [-0.1, -0.05) is 0 Å². The molecule has 2 heterocycles. The van der Waals surface area contributed by atoms with Gasteiger partial charge in [-0.05, 0) is 30.2 Å². The number of benzene rings is 1. The molecule has 0 aliphatic carbocycles. The summed E-state index contributed by atoms with van der Waals surface area (Å²) < 4.78 is 27.0. The SMILES string of the molecule is NC(=O)c1ncc2c(n1)CN(C(=O)c1cc(F)ccc1F)CC2. The van der Waals surface area contributed by atoms with E-state index in [4.69, 9.17) is 5.73 Å². The summed E-state index contributed by atoms with van der Waals surface area (Å²) in [5, 5.41) is 0. The Morgan fingerprint density at radius 2 is 2.04 bits per heavy atom. The molecule has 1 aromatic carbocycles. The van der Waals surface area contributed by atoms with Crippen molar-refractivity contribution >= 4 is 11.8 Å². The molecule has 2 amide bonds. The van der Waals surface area contributed by atoms with Gasteiger partial charge >= 0.3 is 0 Å². The molecule has 0 unspecified atom stereocenters. The molecule has 8 heteroatoms. The molecule has 118 valence electrons. The molecule has 6 nitrogen and oxygen atoms in total. The molecule has 0 bridgehead atoms. The Hall–Kier alpha value is -2.90. The van der Waals surface area contributed by atoms with Crippen molar-refractivity contribution < 1.29 is 18.4 Å². The minimum absolute atomic E-state index is 0.0763. The highest BCUT2D eigenvalue weighted by molar-refractivity contribution is 5.94. The Morgan fingerprint density at radius 3 is 2.78 bits per heavy atom. The smallest absolute Gasteiger partial charge is 0.286 e. The number of carbonyl (C=O) groups is 2. The molecule has 0 atom stereocenters. The van der Waals surface area contributed by atoms with E-state index in [-0.39, 0.29) is 17.9 Å². The monoisotopic (exact) mass is 318 g/mol. The number of primary amides is 1. The first-order valence-corrected chi connectivity index (χ1v) is 6.84. The van der Waals surface area contributed by atoms with Crippen LogP contribution in [0.25, 0.3) is 0 Å². The third-order valence-corrected chi connectivity index (χ3v) is 3.61. The first kappa shape index (κ1) is 15.0. The lowest BCUT2D eigenvalue weighted by molar-refractivity contribution is 0.0726. The van der Waals surface area contributed by atoms with Crippen LogP contribution in [0, 0.1) is 11.6 Å². The van der Waals surface area contributed by atoms with Crippen LogP contribution in [0.15, 0.2) is 24.4 Å². The van der Waals surface area contributed by atoms with Gasteiger partial charge in [0.2, 0.25) is 5.82 Å². The summed E-state index contributed by atoms with van der Waals surface area (Å²) in [6.07, 6.45) is 1.95. The zero-order valence-corrected chi connectivity index (χ0v) is 11.9. The third-order valence-electron chi connectivity index (χ3n) is 3.61. The lowest BCUT2D eigenvalue weighted by Crippen LogP contribution is -2.37. The molecular formula is C15H12F2N4O2. The van der Waals surface area contributed by atoms with Crippen LogP contribution in [-0.2, 0) is 13.0 Å². The zero-order chi connectivity index (χ0) is 16.6. The minimum atomic E-state index is -0.789. The van der Waals surface area contributed by atoms with Crippen molar-refractivity contribution in [2.24, 2.45) is 5.73 Å². The van der Waals surface area contributed by atoms with Crippen molar-refractivity contribution in [1.82, 2.24) is 14.9 Å². The number of halogens is 2. The molecule has 1 aliphatic heterocycles. The maximum atomic E-state index is 13.7. The Labute approximate surface area is 130 Å². The molecule has 0 fully saturated rings. The Morgan fingerprint density at radius 1 is 1.26 bits per heavy atom. The van der Waals surface area contributed by atoms with E-state index in [2.05, 4.69) is 9.97 Å². The van der Waals surface area contributed by atoms with Crippen molar-refractivity contribution in [2.45, 2.75) is 13.0 Å². The molecule has 2 N–H and O–H groups in total. The van der Waals surface area contributed by atoms with E-state index in [0.717, 1.165) is 23.8 Å². The van der Waals surface area contributed by atoms with Crippen LogP contribution in [0.3, 0.4) is 0 Å². The summed E-state index contributed by atoms with van der Waals surface area (Å²) in [5.74, 6) is -3.03. The van der Waals surface area contributed by atoms with E-state index in [1.165, 1.54) is 11.1 Å². The lowest BCUT2D eigenvalue weighted by atomic mass is 10.1. The molecule has 1 aliphatic rings. The second-order valence-electron chi connectivity index (χ2n) is 5.13. The van der Waals surface area contributed by atoms with Gasteiger partial charge in [-0.2, -0.15) is 0 Å². The zero-order valence-electron chi connectivity index (χ0n) is 11.9. The number of rotatable bonds is 2. The van der Waals surface area contributed by atoms with E-state index >= 15 is 0 Å². The molecule has 0 radical (unpaired) electrons. The quantitative estimate of drug-likeness (QED) is 0.896. The van der Waals surface area contributed by atoms with Crippen LogP contribution in [-0.4, -0.2) is 33.2 Å². The van der Waals surface area contributed by atoms with Crippen LogP contribution in [0.1, 0.15) is 32.2 Å². The molecular weight excluding hydrogens is 306 g/mol. The van der Waals surface area contributed by atoms with Crippen molar-refractivity contribution in [3.8, 4) is 0 Å². The summed E-state index contributed by atoms with van der Waals surface area (Å²) in [6.45, 7) is 0.397. The number of hydrogen-bond acceptors (Lipinski definition) is 4. The highest BCUT2D eigenvalue weighted by Gasteiger charge is 2.26. The molecule has 2 aromatic rings. The number of hydrogen-bond donors (Lipinski definition) is 1. The summed E-state index contributed by atoms with van der Waals surface area (Å²) >= 11 is 0. The molecule has 3 rings (SSSR count). The minimum Gasteiger partial charge on any atom is -0.363 e. The number of nitrogens with zero attached hydrogens (tertiary/aromatic N) is 3. The van der Waals surface area contributed by atoms with E-state index in [1.54, 1.807) is 0 Å². The lowest BCUT2D eigenvalue weighted by Gasteiger charge is -2.28. The molecule has 0 spiro atoms. The van der Waals surface area contributed by atoms with E-state index in [0.29, 0.717) is 18.7 Å². The van der Waals surface area contributed by atoms with E-state index < -0.39 is 23.4 Å². The normalized spacial score (nSPS) is 13.6. The van der Waals surface area contributed by atoms with Crippen molar-refractivity contribution in [1.29, 1.82) is 0 Å². The number of amides is 2. The fourth-order valence-corrected chi connectivity index (χ4v) is 2.43. The number of nitrogens with two attached hydrogens (primary N) is 1. The van der Waals surface area contributed by atoms with Gasteiger partial charge in [-0.25, -0.2) is 18.7 Å². The van der Waals surface area contributed by atoms with Crippen LogP contribution < -0.4 is 5.73 Å². The maximum absolute atomic E-state index is 13.7. The average Bonchev–Trinajstić information content (AvgIpc) is 2.55. The van der Waals surface area contributed by atoms with Gasteiger partial charge in [0.05, 0.1) is 17.8 Å². The van der Waals surface area contributed by atoms with Gasteiger partial charge < -0.3 is 10.6 Å². The summed E-state index contributed by atoms with van der Waals surface area (Å²) in [7, 11) is 0. The van der Waals surface area contributed by atoms with Gasteiger partial charge in [0.1, 0.15) is 11.6 Å². The van der Waals surface area contributed by atoms with Gasteiger partial charge in [-0.15, -0.1) is 0 Å². The van der Waals surface area contributed by atoms with E-state index in [9.17, 15) is 18.4 Å². The maximum Gasteiger partial charge on any atom is 0.286 e. The third kappa shape index (κ3) is 2.87. The summed E-state index contributed by atoms with van der Waals surface area (Å²) in [4.78, 5) is 32.7. The first-order chi connectivity index (χ1) is 11.0. The Bertz CT molecular complexity index is 810. The summed E-state index contributed by atoms with van der Waals surface area (Å²) in [6, 6.07) is 2.72. The summed E-state index contributed by atoms with van der Waals surface area (Å²) in [5.41, 5.74) is 6.07. The van der Waals surface area contributed by atoms with Crippen molar-refractivity contribution in [2.75, 3.05) is 6.54 Å². The Balaban J connectivity index is 1.89.